The first-order valence-corrected chi connectivity index (χ1v) is 4.20. The second-order valence-corrected chi connectivity index (χ2v) is 2.97. The van der Waals surface area contributed by atoms with Crippen molar-refractivity contribution in [2.45, 2.75) is 13.0 Å². The second kappa shape index (κ2) is 4.19. The normalized spacial score (nSPS) is 12.3. The van der Waals surface area contributed by atoms with E-state index in [2.05, 4.69) is 0 Å². The number of methoxy groups -OCH3 is 1. The predicted octanol–water partition coefficient (Wildman–Crippen LogP) is 1.36. The average Bonchev–Trinajstić information content (AvgIpc) is 2.16. The van der Waals surface area contributed by atoms with Crippen molar-refractivity contribution in [1.82, 2.24) is 0 Å². The molecule has 4 heteroatoms. The summed E-state index contributed by atoms with van der Waals surface area (Å²) >= 11 is 0. The molecule has 0 fully saturated rings. The van der Waals surface area contributed by atoms with E-state index in [0.717, 1.165) is 0 Å². The molecular formula is C10H12FNO2. The topological polar surface area (TPSA) is 52.3 Å². The van der Waals surface area contributed by atoms with Gasteiger partial charge in [0.15, 0.2) is 17.3 Å². The quantitative estimate of drug-likeness (QED) is 0.744. The summed E-state index contributed by atoms with van der Waals surface area (Å²) < 4.78 is 18.0. The molecule has 2 N–H and O–H groups in total. The summed E-state index contributed by atoms with van der Waals surface area (Å²) in [4.78, 5) is 11.5. The average molecular weight is 197 g/mol. The van der Waals surface area contributed by atoms with Crippen molar-refractivity contribution in [3.63, 3.8) is 0 Å². The third-order valence-corrected chi connectivity index (χ3v) is 1.85. The Hall–Kier alpha value is -1.42. The predicted molar refractivity (Wildman–Crippen MR) is 50.9 cm³/mol. The molecule has 0 spiro atoms. The number of Topliss-reactive ketones (excluding diaryl/α,β-unsaturated/α-hetero) is 1. The van der Waals surface area contributed by atoms with E-state index in [1.54, 1.807) is 6.92 Å². The van der Waals surface area contributed by atoms with Gasteiger partial charge in [-0.05, 0) is 19.1 Å². The molecule has 76 valence electrons. The number of nitrogens with two attached hydrogens (primary N) is 1. The van der Waals surface area contributed by atoms with Gasteiger partial charge in [0.05, 0.1) is 18.7 Å². The highest BCUT2D eigenvalue weighted by molar-refractivity contribution is 6.02. The van der Waals surface area contributed by atoms with Gasteiger partial charge in [-0.1, -0.05) is 6.07 Å². The number of ether oxygens (including phenoxy) is 1. The maximum atomic E-state index is 13.2. The molecule has 0 aliphatic heterocycles. The van der Waals surface area contributed by atoms with Gasteiger partial charge in [0.25, 0.3) is 0 Å². The molecule has 1 aromatic carbocycles. The molecule has 1 rings (SSSR count). The van der Waals surface area contributed by atoms with E-state index in [-0.39, 0.29) is 17.1 Å². The summed E-state index contributed by atoms with van der Waals surface area (Å²) in [6, 6.07) is 3.52. The number of hydrogen-bond acceptors (Lipinski definition) is 3. The lowest BCUT2D eigenvalue weighted by Gasteiger charge is -2.09. The molecule has 1 atom stereocenters. The zero-order chi connectivity index (χ0) is 10.7. The third-order valence-electron chi connectivity index (χ3n) is 1.85. The number of para-hydroxylation sites is 1. The highest BCUT2D eigenvalue weighted by atomic mass is 19.1. The van der Waals surface area contributed by atoms with Crippen LogP contribution in [0.25, 0.3) is 0 Å². The summed E-state index contributed by atoms with van der Waals surface area (Å²) in [6.07, 6.45) is 0. The Morgan fingerprint density at radius 2 is 2.21 bits per heavy atom. The Balaban J connectivity index is 3.20. The minimum Gasteiger partial charge on any atom is -0.493 e. The highest BCUT2D eigenvalue weighted by Gasteiger charge is 2.18. The molecule has 0 aromatic heterocycles. The molecule has 0 saturated heterocycles. The van der Waals surface area contributed by atoms with Crippen LogP contribution in [0, 0.1) is 5.82 Å². The fourth-order valence-electron chi connectivity index (χ4n) is 1.16. The Kier molecular flexibility index (Phi) is 3.19. The third kappa shape index (κ3) is 1.90. The highest BCUT2D eigenvalue weighted by Crippen LogP contribution is 2.22. The van der Waals surface area contributed by atoms with Crippen molar-refractivity contribution in [3.8, 4) is 5.75 Å². The molecule has 0 aliphatic rings. The standard InChI is InChI=1S/C10H12FNO2/c1-6(12)9(13)7-4-3-5-8(11)10(7)14-2/h3-6H,12H2,1-2H3. The van der Waals surface area contributed by atoms with Gasteiger partial charge in [0, 0.05) is 0 Å². The van der Waals surface area contributed by atoms with Gasteiger partial charge in [-0.3, -0.25) is 4.79 Å². The Bertz CT molecular complexity index is 350. The number of rotatable bonds is 3. The van der Waals surface area contributed by atoms with Crippen LogP contribution < -0.4 is 10.5 Å². The van der Waals surface area contributed by atoms with Gasteiger partial charge < -0.3 is 10.5 Å². The maximum Gasteiger partial charge on any atom is 0.183 e. The molecule has 0 bridgehead atoms. The number of hydrogen-bond donors (Lipinski definition) is 1. The Labute approximate surface area is 81.7 Å². The van der Waals surface area contributed by atoms with E-state index in [0.29, 0.717) is 0 Å². The van der Waals surface area contributed by atoms with Crippen LogP contribution in [-0.2, 0) is 0 Å². The van der Waals surface area contributed by atoms with Gasteiger partial charge in [0.1, 0.15) is 0 Å². The summed E-state index contributed by atoms with van der Waals surface area (Å²) in [5.74, 6) is -0.935. The largest absolute Gasteiger partial charge is 0.493 e. The van der Waals surface area contributed by atoms with Crippen LogP contribution in [-0.4, -0.2) is 18.9 Å². The van der Waals surface area contributed by atoms with Crippen LogP contribution in [0.1, 0.15) is 17.3 Å². The first-order valence-electron chi connectivity index (χ1n) is 4.20. The van der Waals surface area contributed by atoms with E-state index in [9.17, 15) is 9.18 Å². The summed E-state index contributed by atoms with van der Waals surface area (Å²) in [6.45, 7) is 1.55. The Morgan fingerprint density at radius 1 is 1.57 bits per heavy atom. The van der Waals surface area contributed by atoms with Crippen LogP contribution in [0.2, 0.25) is 0 Å². The summed E-state index contributed by atoms with van der Waals surface area (Å²) in [5, 5.41) is 0. The van der Waals surface area contributed by atoms with Gasteiger partial charge in [-0.2, -0.15) is 0 Å². The van der Waals surface area contributed by atoms with Crippen molar-refractivity contribution in [2.24, 2.45) is 5.73 Å². The van der Waals surface area contributed by atoms with Crippen molar-refractivity contribution in [1.29, 1.82) is 0 Å². The van der Waals surface area contributed by atoms with Crippen LogP contribution in [0.4, 0.5) is 4.39 Å². The van der Waals surface area contributed by atoms with E-state index < -0.39 is 11.9 Å². The number of halogens is 1. The lowest BCUT2D eigenvalue weighted by Crippen LogP contribution is -2.27. The van der Waals surface area contributed by atoms with E-state index in [1.165, 1.54) is 25.3 Å². The van der Waals surface area contributed by atoms with E-state index in [4.69, 9.17) is 10.5 Å². The fourth-order valence-corrected chi connectivity index (χ4v) is 1.16. The van der Waals surface area contributed by atoms with E-state index >= 15 is 0 Å². The molecule has 1 aromatic rings. The molecule has 14 heavy (non-hydrogen) atoms. The molecule has 0 radical (unpaired) electrons. The maximum absolute atomic E-state index is 13.2. The lowest BCUT2D eigenvalue weighted by molar-refractivity contribution is 0.0964. The summed E-state index contributed by atoms with van der Waals surface area (Å²) in [5.41, 5.74) is 5.60. The molecule has 3 nitrogen and oxygen atoms in total. The van der Waals surface area contributed by atoms with Crippen LogP contribution in [0.3, 0.4) is 0 Å². The zero-order valence-electron chi connectivity index (χ0n) is 8.08. The second-order valence-electron chi connectivity index (χ2n) is 2.97. The molecular weight excluding hydrogens is 185 g/mol. The van der Waals surface area contributed by atoms with Gasteiger partial charge in [0.2, 0.25) is 0 Å². The van der Waals surface area contributed by atoms with Crippen LogP contribution >= 0.6 is 0 Å². The first-order chi connectivity index (χ1) is 6.57. The minimum atomic E-state index is -0.661. The minimum absolute atomic E-state index is 0.0465. The first kappa shape index (κ1) is 10.7. The SMILES string of the molecule is COc1c(F)cccc1C(=O)C(C)N. The number of benzene rings is 1. The monoisotopic (exact) mass is 197 g/mol. The van der Waals surface area contributed by atoms with Crippen molar-refractivity contribution in [2.75, 3.05) is 7.11 Å². The van der Waals surface area contributed by atoms with Crippen molar-refractivity contribution < 1.29 is 13.9 Å². The number of carbonyl (C=O) groups is 1. The number of carbonyl (C=O) groups excluding carboxylic acids is 1. The van der Waals surface area contributed by atoms with Gasteiger partial charge in [-0.15, -0.1) is 0 Å². The smallest absolute Gasteiger partial charge is 0.183 e. The molecule has 0 aliphatic carbocycles. The Morgan fingerprint density at radius 3 is 2.71 bits per heavy atom. The molecule has 0 saturated carbocycles. The van der Waals surface area contributed by atoms with Crippen molar-refractivity contribution >= 4 is 5.78 Å². The van der Waals surface area contributed by atoms with Gasteiger partial charge >= 0.3 is 0 Å². The summed E-state index contributed by atoms with van der Waals surface area (Å²) in [7, 11) is 1.32. The molecule has 0 heterocycles. The molecule has 1 unspecified atom stereocenters. The zero-order valence-corrected chi connectivity index (χ0v) is 8.08. The fraction of sp³-hybridized carbons (Fsp3) is 0.300. The van der Waals surface area contributed by atoms with Crippen LogP contribution in [0.15, 0.2) is 18.2 Å². The lowest BCUT2D eigenvalue weighted by atomic mass is 10.0. The van der Waals surface area contributed by atoms with Crippen molar-refractivity contribution in [3.05, 3.63) is 29.6 Å². The van der Waals surface area contributed by atoms with E-state index in [1.807, 2.05) is 0 Å². The molecule has 0 amide bonds. The number of ketones is 1. The van der Waals surface area contributed by atoms with Crippen LogP contribution in [0.5, 0.6) is 5.75 Å². The van der Waals surface area contributed by atoms with Gasteiger partial charge in [-0.25, -0.2) is 4.39 Å².